The van der Waals surface area contributed by atoms with Gasteiger partial charge in [-0.05, 0) is 32.4 Å². The Hall–Kier alpha value is -2.48. The number of rotatable bonds is 10. The number of esters is 1. The van der Waals surface area contributed by atoms with Crippen LogP contribution >= 0.6 is 11.6 Å². The van der Waals surface area contributed by atoms with E-state index in [1.807, 2.05) is 6.92 Å². The largest absolute Gasteiger partial charge is 0.493 e. The molecule has 0 aliphatic carbocycles. The van der Waals surface area contributed by atoms with Crippen LogP contribution in [0.5, 0.6) is 11.5 Å². The van der Waals surface area contributed by atoms with Crippen LogP contribution in [0.2, 0.25) is 5.02 Å². The number of amides is 2. The van der Waals surface area contributed by atoms with Crippen molar-refractivity contribution >= 4 is 29.4 Å². The van der Waals surface area contributed by atoms with E-state index in [0.29, 0.717) is 18.9 Å². The Morgan fingerprint density at radius 3 is 2.52 bits per heavy atom. The zero-order chi connectivity index (χ0) is 20.4. The summed E-state index contributed by atoms with van der Waals surface area (Å²) >= 11 is 6.11. The van der Waals surface area contributed by atoms with Crippen molar-refractivity contribution in [3.05, 3.63) is 22.7 Å². The van der Waals surface area contributed by atoms with E-state index in [-0.39, 0.29) is 22.2 Å². The molecule has 0 bridgehead atoms. The molecule has 2 amide bonds. The Morgan fingerprint density at radius 1 is 1.22 bits per heavy atom. The average Bonchev–Trinajstić information content (AvgIpc) is 2.65. The van der Waals surface area contributed by atoms with Crippen molar-refractivity contribution in [2.45, 2.75) is 33.2 Å². The number of carbonyl (C=O) groups excluding carboxylic acids is 3. The van der Waals surface area contributed by atoms with Gasteiger partial charge in [-0.2, -0.15) is 0 Å². The Labute approximate surface area is 163 Å². The summed E-state index contributed by atoms with van der Waals surface area (Å²) in [6.45, 7) is 5.63. The second-order valence-electron chi connectivity index (χ2n) is 5.58. The fourth-order valence-corrected chi connectivity index (χ4v) is 2.35. The van der Waals surface area contributed by atoms with Gasteiger partial charge in [-0.1, -0.05) is 18.5 Å². The first kappa shape index (κ1) is 22.6. The minimum absolute atomic E-state index is 0.113. The zero-order valence-corrected chi connectivity index (χ0v) is 16.6. The standard InChI is InChI=1S/C18H25ClN2O6/c1-5-7-20-17(23)11(3)21-15(22)10-27-18(24)12-8-13(19)16(26-6-2)14(9-12)25-4/h8-9,11H,5-7,10H2,1-4H3,(H,20,23)(H,21,22)/t11-/m1/s1. The summed E-state index contributed by atoms with van der Waals surface area (Å²) in [5.41, 5.74) is 0.113. The second-order valence-corrected chi connectivity index (χ2v) is 5.99. The molecule has 1 aromatic carbocycles. The number of ether oxygens (including phenoxy) is 3. The van der Waals surface area contributed by atoms with Crippen molar-refractivity contribution in [1.82, 2.24) is 10.6 Å². The smallest absolute Gasteiger partial charge is 0.338 e. The number of carbonyl (C=O) groups is 3. The molecule has 8 nitrogen and oxygen atoms in total. The molecule has 0 aromatic heterocycles. The lowest BCUT2D eigenvalue weighted by atomic mass is 10.2. The summed E-state index contributed by atoms with van der Waals surface area (Å²) in [5.74, 6) is -1.05. The van der Waals surface area contributed by atoms with Crippen LogP contribution in [0.1, 0.15) is 37.6 Å². The van der Waals surface area contributed by atoms with E-state index in [9.17, 15) is 14.4 Å². The maximum atomic E-state index is 12.2. The fourth-order valence-electron chi connectivity index (χ4n) is 2.09. The Morgan fingerprint density at radius 2 is 1.93 bits per heavy atom. The summed E-state index contributed by atoms with van der Waals surface area (Å²) in [5, 5.41) is 5.31. The minimum Gasteiger partial charge on any atom is -0.493 e. The monoisotopic (exact) mass is 400 g/mol. The molecular formula is C18H25ClN2O6. The molecule has 0 saturated heterocycles. The van der Waals surface area contributed by atoms with Crippen LogP contribution in [-0.2, 0) is 14.3 Å². The van der Waals surface area contributed by atoms with Gasteiger partial charge < -0.3 is 24.8 Å². The highest BCUT2D eigenvalue weighted by Gasteiger charge is 2.19. The van der Waals surface area contributed by atoms with Gasteiger partial charge in [0, 0.05) is 6.54 Å². The molecule has 2 N–H and O–H groups in total. The van der Waals surface area contributed by atoms with Crippen molar-refractivity contribution in [3.8, 4) is 11.5 Å². The Bertz CT molecular complexity index is 680. The summed E-state index contributed by atoms with van der Waals surface area (Å²) in [7, 11) is 1.42. The summed E-state index contributed by atoms with van der Waals surface area (Å²) in [4.78, 5) is 35.7. The predicted octanol–water partition coefficient (Wildman–Crippen LogP) is 1.93. The van der Waals surface area contributed by atoms with E-state index in [1.54, 1.807) is 13.8 Å². The lowest BCUT2D eigenvalue weighted by Crippen LogP contribution is -2.46. The number of benzene rings is 1. The van der Waals surface area contributed by atoms with E-state index >= 15 is 0 Å². The molecule has 0 saturated carbocycles. The van der Waals surface area contributed by atoms with Gasteiger partial charge in [0.1, 0.15) is 6.04 Å². The lowest BCUT2D eigenvalue weighted by Gasteiger charge is -2.14. The molecule has 0 spiro atoms. The molecule has 1 atom stereocenters. The normalized spacial score (nSPS) is 11.3. The number of hydrogen-bond acceptors (Lipinski definition) is 6. The number of halogens is 1. The number of methoxy groups -OCH3 is 1. The third-order valence-corrected chi connectivity index (χ3v) is 3.69. The number of hydrogen-bond donors (Lipinski definition) is 2. The van der Waals surface area contributed by atoms with Gasteiger partial charge in [0.25, 0.3) is 5.91 Å². The first-order chi connectivity index (χ1) is 12.8. The first-order valence-electron chi connectivity index (χ1n) is 8.58. The lowest BCUT2D eigenvalue weighted by molar-refractivity contribution is -0.130. The maximum Gasteiger partial charge on any atom is 0.338 e. The van der Waals surface area contributed by atoms with E-state index in [1.165, 1.54) is 19.2 Å². The fraction of sp³-hybridized carbons (Fsp3) is 0.500. The summed E-state index contributed by atoms with van der Waals surface area (Å²) in [6, 6.07) is 2.05. The van der Waals surface area contributed by atoms with E-state index < -0.39 is 24.5 Å². The summed E-state index contributed by atoms with van der Waals surface area (Å²) < 4.78 is 15.5. The van der Waals surface area contributed by atoms with Crippen LogP contribution < -0.4 is 20.1 Å². The van der Waals surface area contributed by atoms with Gasteiger partial charge in [-0.3, -0.25) is 9.59 Å². The maximum absolute atomic E-state index is 12.2. The van der Waals surface area contributed by atoms with Crippen LogP contribution in [0.4, 0.5) is 0 Å². The van der Waals surface area contributed by atoms with Gasteiger partial charge in [-0.15, -0.1) is 0 Å². The highest BCUT2D eigenvalue weighted by molar-refractivity contribution is 6.32. The van der Waals surface area contributed by atoms with Crippen molar-refractivity contribution in [3.63, 3.8) is 0 Å². The van der Waals surface area contributed by atoms with Gasteiger partial charge >= 0.3 is 5.97 Å². The van der Waals surface area contributed by atoms with Crippen LogP contribution in [0.15, 0.2) is 12.1 Å². The molecule has 0 heterocycles. The average molecular weight is 401 g/mol. The molecule has 1 aromatic rings. The second kappa shape index (κ2) is 11.3. The molecular weight excluding hydrogens is 376 g/mol. The van der Waals surface area contributed by atoms with Crippen LogP contribution in [0, 0.1) is 0 Å². The first-order valence-corrected chi connectivity index (χ1v) is 8.96. The van der Waals surface area contributed by atoms with E-state index in [4.69, 9.17) is 25.8 Å². The SMILES string of the molecule is CCCNC(=O)[C@@H](C)NC(=O)COC(=O)c1cc(Cl)c(OCC)c(OC)c1. The van der Waals surface area contributed by atoms with Crippen molar-refractivity contribution < 1.29 is 28.6 Å². The molecule has 0 fully saturated rings. The third-order valence-electron chi connectivity index (χ3n) is 3.41. The van der Waals surface area contributed by atoms with Crippen molar-refractivity contribution in [2.24, 2.45) is 0 Å². The number of nitrogens with one attached hydrogen (secondary N) is 2. The molecule has 0 radical (unpaired) electrons. The molecule has 27 heavy (non-hydrogen) atoms. The van der Waals surface area contributed by atoms with Crippen molar-refractivity contribution in [2.75, 3.05) is 26.9 Å². The minimum atomic E-state index is -0.753. The Balaban J connectivity index is 2.65. The topological polar surface area (TPSA) is 103 Å². The van der Waals surface area contributed by atoms with Crippen LogP contribution in [0.25, 0.3) is 0 Å². The Kier molecular flexibility index (Phi) is 9.42. The van der Waals surface area contributed by atoms with Gasteiger partial charge in [-0.25, -0.2) is 4.79 Å². The predicted molar refractivity (Wildman–Crippen MR) is 100 cm³/mol. The molecule has 150 valence electrons. The van der Waals surface area contributed by atoms with Gasteiger partial charge in [0.05, 0.1) is 24.3 Å². The third kappa shape index (κ3) is 6.97. The molecule has 1 rings (SSSR count). The highest BCUT2D eigenvalue weighted by atomic mass is 35.5. The highest BCUT2D eigenvalue weighted by Crippen LogP contribution is 2.36. The summed E-state index contributed by atoms with van der Waals surface area (Å²) in [6.07, 6.45) is 0.790. The molecule has 0 unspecified atom stereocenters. The van der Waals surface area contributed by atoms with Crippen LogP contribution in [0.3, 0.4) is 0 Å². The van der Waals surface area contributed by atoms with E-state index in [0.717, 1.165) is 6.42 Å². The van der Waals surface area contributed by atoms with Gasteiger partial charge in [0.2, 0.25) is 5.91 Å². The molecule has 0 aliphatic rings. The van der Waals surface area contributed by atoms with Crippen LogP contribution in [-0.4, -0.2) is 50.7 Å². The molecule has 9 heteroatoms. The molecule has 0 aliphatic heterocycles. The quantitative estimate of drug-likeness (QED) is 0.582. The van der Waals surface area contributed by atoms with Gasteiger partial charge in [0.15, 0.2) is 18.1 Å². The zero-order valence-electron chi connectivity index (χ0n) is 15.9. The van der Waals surface area contributed by atoms with E-state index in [2.05, 4.69) is 10.6 Å². The van der Waals surface area contributed by atoms with Crippen molar-refractivity contribution in [1.29, 1.82) is 0 Å².